The molecule has 65 heavy (non-hydrogen) atoms. The number of ketones is 1. The lowest BCUT2D eigenvalue weighted by Gasteiger charge is -2.71. The molecular weight excluding hydrogens is 852 g/mol. The number of fused-ring (bicyclic) bond motifs is 7. The van der Waals surface area contributed by atoms with Gasteiger partial charge in [-0.05, 0) is 90.8 Å². The van der Waals surface area contributed by atoms with Crippen LogP contribution in [0.2, 0.25) is 0 Å². The lowest BCUT2D eigenvalue weighted by molar-refractivity contribution is -0.393. The van der Waals surface area contributed by atoms with Crippen molar-refractivity contribution in [2.45, 2.75) is 198 Å². The first-order chi connectivity index (χ1) is 30.3. The number of aliphatic hydroxyl groups excluding tert-OH is 9. The van der Waals surface area contributed by atoms with E-state index in [0.717, 1.165) is 38.5 Å². The lowest BCUT2D eigenvalue weighted by atomic mass is 9.33. The number of carboxylic acid groups (broad SMARTS) is 1. The molecule has 3 saturated heterocycles. The topological polar surface area (TPSA) is 292 Å². The molecule has 5 aliphatic carbocycles. The largest absolute Gasteiger partial charge is 0.479 e. The number of carbonyl (C=O) groups excluding carboxylic acids is 1. The van der Waals surface area contributed by atoms with E-state index in [9.17, 15) is 60.7 Å². The second kappa shape index (κ2) is 17.3. The van der Waals surface area contributed by atoms with E-state index in [1.54, 1.807) is 0 Å². The first-order valence-corrected chi connectivity index (χ1v) is 23.7. The summed E-state index contributed by atoms with van der Waals surface area (Å²) in [7, 11) is 0. The highest BCUT2D eigenvalue weighted by atomic mass is 16.8. The molecule has 8 aliphatic rings. The average Bonchev–Trinajstić information content (AvgIpc) is 3.24. The lowest BCUT2D eigenvalue weighted by Crippen LogP contribution is -2.68. The molecule has 23 atom stereocenters. The molecule has 3 heterocycles. The minimum Gasteiger partial charge on any atom is -0.479 e. The Kier molecular flexibility index (Phi) is 13.2. The van der Waals surface area contributed by atoms with Crippen LogP contribution in [0.25, 0.3) is 0 Å². The van der Waals surface area contributed by atoms with Crippen molar-refractivity contribution in [2.24, 2.45) is 50.2 Å². The second-order valence-corrected chi connectivity index (χ2v) is 23.0. The average molecular weight is 927 g/mol. The Morgan fingerprint density at radius 1 is 0.738 bits per heavy atom. The third-order valence-electron chi connectivity index (χ3n) is 18.9. The van der Waals surface area contributed by atoms with Gasteiger partial charge in [-0.2, -0.15) is 0 Å². The number of rotatable bonds is 9. The van der Waals surface area contributed by atoms with Crippen molar-refractivity contribution in [3.63, 3.8) is 0 Å². The molecule has 0 spiro atoms. The number of allylic oxidation sites excluding steroid dienone is 2. The predicted octanol–water partition coefficient (Wildman–Crippen LogP) is 0.524. The smallest absolute Gasteiger partial charge is 0.335 e. The van der Waals surface area contributed by atoms with Gasteiger partial charge < -0.3 is 79.5 Å². The summed E-state index contributed by atoms with van der Waals surface area (Å²) in [6.07, 6.45) is -16.6. The zero-order valence-corrected chi connectivity index (χ0v) is 38.7. The van der Waals surface area contributed by atoms with Crippen LogP contribution in [0.4, 0.5) is 0 Å². The molecule has 0 aromatic carbocycles. The summed E-state index contributed by atoms with van der Waals surface area (Å²) in [5.74, 6) is -0.921. The van der Waals surface area contributed by atoms with E-state index in [1.807, 2.05) is 6.92 Å². The SMILES string of the molecule is CC1(C)CC(=O)C2(C)CCC3(C)C(=CCC4C5(C)CCC(OC6OC(C(=O)O)C(O)C(O)C6OC6OC(CO)C(O)C(O)C6OC6OCC(O)C(O)C6O)C(C)(CO)C5CCC43C)C2C1. The minimum absolute atomic E-state index is 0.0818. The summed E-state index contributed by atoms with van der Waals surface area (Å²) in [6.45, 7) is 14.1. The maximum atomic E-state index is 13.8. The molecule has 0 bridgehead atoms. The molecule has 0 amide bonds. The zero-order valence-electron chi connectivity index (χ0n) is 38.7. The first kappa shape index (κ1) is 49.7. The summed E-state index contributed by atoms with van der Waals surface area (Å²) < 4.78 is 35.8. The van der Waals surface area contributed by atoms with Gasteiger partial charge in [-0.15, -0.1) is 0 Å². The normalized spacial score (nSPS) is 54.3. The minimum atomic E-state index is -2.07. The van der Waals surface area contributed by atoms with Crippen molar-refractivity contribution >= 4 is 11.8 Å². The van der Waals surface area contributed by atoms with Crippen molar-refractivity contribution in [3.05, 3.63) is 11.6 Å². The van der Waals surface area contributed by atoms with Crippen LogP contribution in [0.1, 0.15) is 106 Å². The van der Waals surface area contributed by atoms with Gasteiger partial charge in [0.05, 0.1) is 25.9 Å². The summed E-state index contributed by atoms with van der Waals surface area (Å²) >= 11 is 0. The van der Waals surface area contributed by atoms with Crippen LogP contribution in [-0.2, 0) is 38.0 Å². The predicted molar refractivity (Wildman–Crippen MR) is 225 cm³/mol. The van der Waals surface area contributed by atoms with Crippen molar-refractivity contribution in [2.75, 3.05) is 19.8 Å². The second-order valence-electron chi connectivity index (χ2n) is 23.0. The van der Waals surface area contributed by atoms with Gasteiger partial charge in [-0.25, -0.2) is 4.79 Å². The number of Topliss-reactive ketones (excluding diaryl/α,β-unsaturated/α-hetero) is 1. The highest BCUT2D eigenvalue weighted by molar-refractivity contribution is 5.87. The van der Waals surface area contributed by atoms with Crippen LogP contribution in [0.3, 0.4) is 0 Å². The molecule has 0 radical (unpaired) electrons. The Morgan fingerprint density at radius 3 is 2.03 bits per heavy atom. The summed E-state index contributed by atoms with van der Waals surface area (Å²) in [5, 5.41) is 107. The maximum absolute atomic E-state index is 13.8. The van der Waals surface area contributed by atoms with Crippen LogP contribution in [0.5, 0.6) is 0 Å². The van der Waals surface area contributed by atoms with Gasteiger partial charge in [0, 0.05) is 17.3 Å². The fraction of sp³-hybridized carbons (Fsp3) is 0.915. The van der Waals surface area contributed by atoms with Gasteiger partial charge in [0.1, 0.15) is 66.8 Å². The van der Waals surface area contributed by atoms with E-state index < -0.39 is 117 Å². The monoisotopic (exact) mass is 926 g/mol. The van der Waals surface area contributed by atoms with Crippen LogP contribution in [0, 0.1) is 50.2 Å². The fourth-order valence-electron chi connectivity index (χ4n) is 14.7. The van der Waals surface area contributed by atoms with Gasteiger partial charge in [-0.3, -0.25) is 4.79 Å². The molecule has 18 nitrogen and oxygen atoms in total. The van der Waals surface area contributed by atoms with Crippen LogP contribution in [-0.4, -0.2) is 175 Å². The van der Waals surface area contributed by atoms with Crippen molar-refractivity contribution in [1.29, 1.82) is 0 Å². The molecule has 3 aliphatic heterocycles. The standard InChI is InChI=1S/C47H74O18/c1-42(2)16-22-21-8-9-26-44(4)12-11-28(45(5,20-49)25(44)10-13-47(26,7)46(21,6)15-14-43(22,3)27(51)17-42)62-41-37(33(56)32(55)35(63-41)38(58)59)65-40-36(31(54)30(53)24(18-48)61-40)64-39-34(57)29(52)23(50)19-60-39/h8,22-26,28-37,39-41,48-50,52-57H,9-20H2,1-7H3,(H,58,59). The number of carboxylic acids is 1. The zero-order chi connectivity index (χ0) is 47.6. The van der Waals surface area contributed by atoms with Crippen molar-refractivity contribution in [3.8, 4) is 0 Å². The quantitative estimate of drug-likeness (QED) is 0.111. The fourth-order valence-corrected chi connectivity index (χ4v) is 14.7. The van der Waals surface area contributed by atoms with Crippen LogP contribution < -0.4 is 0 Å². The van der Waals surface area contributed by atoms with E-state index in [1.165, 1.54) is 5.57 Å². The molecule has 23 unspecified atom stereocenters. The summed E-state index contributed by atoms with van der Waals surface area (Å²) in [6, 6.07) is 0. The Hall–Kier alpha value is -1.72. The number of aliphatic carboxylic acids is 1. The Balaban J connectivity index is 1.07. The van der Waals surface area contributed by atoms with Gasteiger partial charge in [0.2, 0.25) is 0 Å². The highest BCUT2D eigenvalue weighted by Crippen LogP contribution is 2.75. The Morgan fingerprint density at radius 2 is 1.38 bits per heavy atom. The van der Waals surface area contributed by atoms with E-state index >= 15 is 0 Å². The van der Waals surface area contributed by atoms with Gasteiger partial charge in [0.15, 0.2) is 25.0 Å². The molecule has 7 fully saturated rings. The molecular formula is C47H74O18. The molecule has 4 saturated carbocycles. The van der Waals surface area contributed by atoms with Crippen molar-refractivity contribution in [1.82, 2.24) is 0 Å². The Labute approximate surface area is 380 Å². The molecule has 370 valence electrons. The van der Waals surface area contributed by atoms with E-state index in [-0.39, 0.29) is 51.4 Å². The maximum Gasteiger partial charge on any atom is 0.335 e. The van der Waals surface area contributed by atoms with Crippen LogP contribution >= 0.6 is 0 Å². The third kappa shape index (κ3) is 7.71. The number of ether oxygens (including phenoxy) is 6. The van der Waals surface area contributed by atoms with Crippen LogP contribution in [0.15, 0.2) is 11.6 Å². The molecule has 0 aromatic rings. The number of aliphatic hydroxyl groups is 9. The van der Waals surface area contributed by atoms with Crippen molar-refractivity contribution < 1.29 is 89.1 Å². The molecule has 18 heteroatoms. The molecule has 10 N–H and O–H groups in total. The van der Waals surface area contributed by atoms with Gasteiger partial charge in [-0.1, -0.05) is 60.1 Å². The number of carbonyl (C=O) groups is 2. The van der Waals surface area contributed by atoms with Gasteiger partial charge >= 0.3 is 5.97 Å². The first-order valence-electron chi connectivity index (χ1n) is 23.7. The van der Waals surface area contributed by atoms with E-state index in [4.69, 9.17) is 28.4 Å². The van der Waals surface area contributed by atoms with E-state index in [2.05, 4.69) is 47.6 Å². The van der Waals surface area contributed by atoms with E-state index in [0.29, 0.717) is 25.0 Å². The summed E-state index contributed by atoms with van der Waals surface area (Å²) in [5.41, 5.74) is -0.497. The Bertz CT molecular complexity index is 1830. The number of hydrogen-bond acceptors (Lipinski definition) is 17. The number of hydrogen-bond donors (Lipinski definition) is 10. The highest BCUT2D eigenvalue weighted by Gasteiger charge is 2.70. The third-order valence-corrected chi connectivity index (χ3v) is 18.9. The van der Waals surface area contributed by atoms with Gasteiger partial charge in [0.25, 0.3) is 0 Å². The molecule has 0 aromatic heterocycles. The molecule has 8 rings (SSSR count). The summed E-state index contributed by atoms with van der Waals surface area (Å²) in [4.78, 5) is 26.2.